The van der Waals surface area contributed by atoms with E-state index in [0.29, 0.717) is 0 Å². The number of nitrogens with one attached hydrogen (secondary N) is 1. The van der Waals surface area contributed by atoms with E-state index in [2.05, 4.69) is 64.4 Å². The van der Waals surface area contributed by atoms with Crippen LogP contribution in [-0.4, -0.2) is 20.7 Å². The van der Waals surface area contributed by atoms with Crippen molar-refractivity contribution in [3.8, 4) is 5.75 Å². The number of hydrogen-bond donors (Lipinski definition) is 1. The highest BCUT2D eigenvalue weighted by Gasteiger charge is 2.07. The Bertz CT molecular complexity index is 601. The molecule has 3 nitrogen and oxygen atoms in total. The topological polar surface area (TPSA) is 24.5 Å². The standard InChI is InChI=1S/C17H21BrN2O/c1-4-19-12-13-8-9-15(11-17(13)18)20(2)14-6-5-7-16(10-14)21-3/h5-11,19H,4,12H2,1-3H3. The number of hydrogen-bond acceptors (Lipinski definition) is 3. The highest BCUT2D eigenvalue weighted by Crippen LogP contribution is 2.30. The van der Waals surface area contributed by atoms with Crippen molar-refractivity contribution in [1.82, 2.24) is 5.32 Å². The molecule has 0 aliphatic rings. The van der Waals surface area contributed by atoms with Crippen molar-refractivity contribution in [3.63, 3.8) is 0 Å². The molecule has 0 radical (unpaired) electrons. The first-order valence-corrected chi connectivity index (χ1v) is 7.82. The molecule has 0 amide bonds. The van der Waals surface area contributed by atoms with Gasteiger partial charge in [0.1, 0.15) is 5.75 Å². The molecule has 0 atom stereocenters. The maximum atomic E-state index is 5.28. The lowest BCUT2D eigenvalue weighted by atomic mass is 10.2. The molecule has 0 saturated carbocycles. The van der Waals surface area contributed by atoms with Gasteiger partial charge in [0, 0.05) is 35.5 Å². The fourth-order valence-corrected chi connectivity index (χ4v) is 2.62. The summed E-state index contributed by atoms with van der Waals surface area (Å²) < 4.78 is 6.40. The minimum absolute atomic E-state index is 0.863. The summed E-state index contributed by atoms with van der Waals surface area (Å²) in [6.07, 6.45) is 0. The fraction of sp³-hybridized carbons (Fsp3) is 0.294. The van der Waals surface area contributed by atoms with Crippen LogP contribution in [0, 0.1) is 0 Å². The second-order valence-electron chi connectivity index (χ2n) is 4.82. The molecule has 112 valence electrons. The van der Waals surface area contributed by atoms with Crippen LogP contribution in [0.4, 0.5) is 11.4 Å². The van der Waals surface area contributed by atoms with Gasteiger partial charge < -0.3 is 15.0 Å². The molecule has 0 aliphatic carbocycles. The Morgan fingerprint density at radius 1 is 1.14 bits per heavy atom. The van der Waals surface area contributed by atoms with Crippen LogP contribution in [0.15, 0.2) is 46.9 Å². The summed E-state index contributed by atoms with van der Waals surface area (Å²) in [6.45, 7) is 3.96. The Balaban J connectivity index is 2.22. The molecule has 0 fully saturated rings. The van der Waals surface area contributed by atoms with Crippen LogP contribution in [0.2, 0.25) is 0 Å². The minimum atomic E-state index is 0.863. The van der Waals surface area contributed by atoms with Gasteiger partial charge in [0.05, 0.1) is 7.11 Å². The Kier molecular flexibility index (Phi) is 5.65. The molecule has 21 heavy (non-hydrogen) atoms. The van der Waals surface area contributed by atoms with Crippen LogP contribution < -0.4 is 15.0 Å². The third-order valence-corrected chi connectivity index (χ3v) is 4.17. The lowest BCUT2D eigenvalue weighted by molar-refractivity contribution is 0.415. The van der Waals surface area contributed by atoms with Crippen LogP contribution in [0.25, 0.3) is 0 Å². The Morgan fingerprint density at radius 2 is 1.90 bits per heavy atom. The van der Waals surface area contributed by atoms with E-state index >= 15 is 0 Å². The predicted molar refractivity (Wildman–Crippen MR) is 92.6 cm³/mol. The van der Waals surface area contributed by atoms with Crippen molar-refractivity contribution < 1.29 is 4.74 Å². The smallest absolute Gasteiger partial charge is 0.120 e. The Morgan fingerprint density at radius 3 is 2.57 bits per heavy atom. The molecule has 1 N–H and O–H groups in total. The Hall–Kier alpha value is -1.52. The van der Waals surface area contributed by atoms with Gasteiger partial charge in [-0.1, -0.05) is 35.0 Å². The predicted octanol–water partition coefficient (Wildman–Crippen LogP) is 4.34. The maximum Gasteiger partial charge on any atom is 0.120 e. The quantitative estimate of drug-likeness (QED) is 0.840. The van der Waals surface area contributed by atoms with Gasteiger partial charge in [0.15, 0.2) is 0 Å². The number of benzene rings is 2. The summed E-state index contributed by atoms with van der Waals surface area (Å²) in [4.78, 5) is 2.14. The van der Waals surface area contributed by atoms with Crippen molar-refractivity contribution in [1.29, 1.82) is 0 Å². The first-order valence-electron chi connectivity index (χ1n) is 7.02. The largest absolute Gasteiger partial charge is 0.497 e. The molecule has 0 aromatic heterocycles. The van der Waals surface area contributed by atoms with E-state index in [1.807, 2.05) is 18.2 Å². The van der Waals surface area contributed by atoms with Crippen LogP contribution in [-0.2, 0) is 6.54 Å². The first-order chi connectivity index (χ1) is 10.2. The number of anilines is 2. The van der Waals surface area contributed by atoms with E-state index < -0.39 is 0 Å². The van der Waals surface area contributed by atoms with E-state index in [9.17, 15) is 0 Å². The number of ether oxygens (including phenoxy) is 1. The highest BCUT2D eigenvalue weighted by molar-refractivity contribution is 9.10. The van der Waals surface area contributed by atoms with Gasteiger partial charge in [-0.05, 0) is 36.4 Å². The summed E-state index contributed by atoms with van der Waals surface area (Å²) in [7, 11) is 3.74. The average molecular weight is 349 g/mol. The molecule has 0 spiro atoms. The third-order valence-electron chi connectivity index (χ3n) is 3.43. The van der Waals surface area contributed by atoms with Crippen LogP contribution >= 0.6 is 15.9 Å². The molecule has 0 unspecified atom stereocenters. The van der Waals surface area contributed by atoms with E-state index in [1.54, 1.807) is 7.11 Å². The van der Waals surface area contributed by atoms with Crippen LogP contribution in [0.1, 0.15) is 12.5 Å². The number of nitrogens with zero attached hydrogens (tertiary/aromatic N) is 1. The summed E-state index contributed by atoms with van der Waals surface area (Å²) in [5.74, 6) is 0.863. The second kappa shape index (κ2) is 7.48. The zero-order valence-corrected chi connectivity index (χ0v) is 14.3. The number of rotatable bonds is 6. The number of halogens is 1. The van der Waals surface area contributed by atoms with Crippen molar-refractivity contribution in [2.45, 2.75) is 13.5 Å². The van der Waals surface area contributed by atoms with E-state index in [1.165, 1.54) is 5.56 Å². The molecule has 0 bridgehead atoms. The zero-order valence-electron chi connectivity index (χ0n) is 12.7. The van der Waals surface area contributed by atoms with Crippen molar-refractivity contribution in [2.24, 2.45) is 0 Å². The molecule has 0 aliphatic heterocycles. The van der Waals surface area contributed by atoms with Crippen LogP contribution in [0.5, 0.6) is 5.75 Å². The third kappa shape index (κ3) is 3.99. The van der Waals surface area contributed by atoms with E-state index in [0.717, 1.165) is 34.7 Å². The lowest BCUT2D eigenvalue weighted by Gasteiger charge is -2.21. The number of methoxy groups -OCH3 is 1. The molecule has 2 aromatic rings. The van der Waals surface area contributed by atoms with Crippen molar-refractivity contribution in [3.05, 3.63) is 52.5 Å². The van der Waals surface area contributed by atoms with Crippen molar-refractivity contribution in [2.75, 3.05) is 25.6 Å². The average Bonchev–Trinajstić information content (AvgIpc) is 2.53. The second-order valence-corrected chi connectivity index (χ2v) is 5.67. The van der Waals surface area contributed by atoms with Gasteiger partial charge in [0.25, 0.3) is 0 Å². The highest BCUT2D eigenvalue weighted by atomic mass is 79.9. The summed E-state index contributed by atoms with van der Waals surface area (Å²) in [6, 6.07) is 14.5. The molecule has 0 heterocycles. The molecular formula is C17H21BrN2O. The van der Waals surface area contributed by atoms with Gasteiger partial charge in [-0.25, -0.2) is 0 Å². The zero-order chi connectivity index (χ0) is 15.2. The SMILES string of the molecule is CCNCc1ccc(N(C)c2cccc(OC)c2)cc1Br. The Labute approximate surface area is 135 Å². The minimum Gasteiger partial charge on any atom is -0.497 e. The molecule has 0 saturated heterocycles. The molecular weight excluding hydrogens is 328 g/mol. The molecule has 4 heteroatoms. The van der Waals surface area contributed by atoms with E-state index in [4.69, 9.17) is 4.74 Å². The van der Waals surface area contributed by atoms with E-state index in [-0.39, 0.29) is 0 Å². The summed E-state index contributed by atoms with van der Waals surface area (Å²) >= 11 is 3.65. The van der Waals surface area contributed by atoms with Crippen molar-refractivity contribution >= 4 is 27.3 Å². The van der Waals surface area contributed by atoms with Crippen LogP contribution in [0.3, 0.4) is 0 Å². The lowest BCUT2D eigenvalue weighted by Crippen LogP contribution is -2.13. The van der Waals surface area contributed by atoms with Gasteiger partial charge in [0.2, 0.25) is 0 Å². The van der Waals surface area contributed by atoms with Gasteiger partial charge in [-0.15, -0.1) is 0 Å². The van der Waals surface area contributed by atoms with Gasteiger partial charge in [-0.2, -0.15) is 0 Å². The first kappa shape index (κ1) is 15.9. The monoisotopic (exact) mass is 348 g/mol. The summed E-state index contributed by atoms with van der Waals surface area (Å²) in [5, 5.41) is 3.34. The molecule has 2 rings (SSSR count). The normalized spacial score (nSPS) is 10.5. The van der Waals surface area contributed by atoms with Gasteiger partial charge in [-0.3, -0.25) is 0 Å². The maximum absolute atomic E-state index is 5.28. The fourth-order valence-electron chi connectivity index (χ4n) is 2.12. The molecule has 2 aromatic carbocycles. The summed E-state index contributed by atoms with van der Waals surface area (Å²) in [5.41, 5.74) is 3.50. The van der Waals surface area contributed by atoms with Gasteiger partial charge >= 0.3 is 0 Å².